The number of hydrogen-bond donors (Lipinski definition) is 1. The van der Waals surface area contributed by atoms with Gasteiger partial charge in [-0.25, -0.2) is 9.97 Å². The summed E-state index contributed by atoms with van der Waals surface area (Å²) >= 11 is 0. The molecular formula is C13H16N6O3. The summed E-state index contributed by atoms with van der Waals surface area (Å²) in [6.07, 6.45) is 1.82. The van der Waals surface area contributed by atoms with E-state index in [0.29, 0.717) is 31.3 Å². The van der Waals surface area contributed by atoms with Crippen LogP contribution in [0.15, 0.2) is 18.3 Å². The molecule has 22 heavy (non-hydrogen) atoms. The monoisotopic (exact) mass is 304 g/mol. The fourth-order valence-corrected chi connectivity index (χ4v) is 2.30. The number of H-pyrrole nitrogens is 1. The summed E-state index contributed by atoms with van der Waals surface area (Å²) < 4.78 is 5.71. The van der Waals surface area contributed by atoms with Crippen LogP contribution in [0.5, 0.6) is 0 Å². The minimum atomic E-state index is -0.460. The number of aryl methyl sites for hydroxylation is 1. The Labute approximate surface area is 126 Å². The average Bonchev–Trinajstić information content (AvgIpc) is 3.04. The minimum absolute atomic E-state index is 0.0184. The summed E-state index contributed by atoms with van der Waals surface area (Å²) in [6, 6.07) is 3.10. The molecular weight excluding hydrogens is 288 g/mol. The lowest BCUT2D eigenvalue weighted by Crippen LogP contribution is -2.39. The van der Waals surface area contributed by atoms with Gasteiger partial charge in [-0.3, -0.25) is 15.2 Å². The van der Waals surface area contributed by atoms with Crippen LogP contribution in [0.3, 0.4) is 0 Å². The zero-order valence-corrected chi connectivity index (χ0v) is 12.1. The van der Waals surface area contributed by atoms with Crippen LogP contribution in [0.2, 0.25) is 0 Å². The molecule has 0 bridgehead atoms. The maximum Gasteiger partial charge on any atom is 0.287 e. The van der Waals surface area contributed by atoms with Crippen LogP contribution in [0, 0.1) is 10.1 Å². The molecule has 3 heterocycles. The first-order valence-electron chi connectivity index (χ1n) is 7.05. The number of aromatic nitrogens is 4. The Bertz CT molecular complexity index is 656. The minimum Gasteiger partial charge on any atom is -0.366 e. The highest BCUT2D eigenvalue weighted by atomic mass is 16.6. The molecule has 1 N–H and O–H groups in total. The van der Waals surface area contributed by atoms with Crippen LogP contribution in [0.25, 0.3) is 0 Å². The highest BCUT2D eigenvalue weighted by molar-refractivity contribution is 5.43. The summed E-state index contributed by atoms with van der Waals surface area (Å²) in [6.45, 7) is 3.76. The Kier molecular flexibility index (Phi) is 3.96. The normalized spacial score (nSPS) is 18.4. The van der Waals surface area contributed by atoms with E-state index in [0.717, 1.165) is 12.2 Å². The first-order valence-corrected chi connectivity index (χ1v) is 7.05. The van der Waals surface area contributed by atoms with Crippen molar-refractivity contribution in [3.63, 3.8) is 0 Å². The van der Waals surface area contributed by atoms with Gasteiger partial charge < -0.3 is 9.64 Å². The molecule has 116 valence electrons. The molecule has 0 amide bonds. The lowest BCUT2D eigenvalue weighted by molar-refractivity contribution is -0.385. The summed E-state index contributed by atoms with van der Waals surface area (Å²) in [5, 5.41) is 17.7. The molecule has 1 unspecified atom stereocenters. The number of morpholine rings is 1. The molecule has 9 heteroatoms. The van der Waals surface area contributed by atoms with Crippen molar-refractivity contribution in [1.29, 1.82) is 0 Å². The molecule has 1 aliphatic heterocycles. The largest absolute Gasteiger partial charge is 0.366 e. The van der Waals surface area contributed by atoms with Crippen molar-refractivity contribution >= 4 is 11.5 Å². The van der Waals surface area contributed by atoms with Crippen molar-refractivity contribution in [2.75, 3.05) is 24.6 Å². The summed E-state index contributed by atoms with van der Waals surface area (Å²) in [5.41, 5.74) is -0.0184. The fourth-order valence-electron chi connectivity index (χ4n) is 2.30. The zero-order valence-electron chi connectivity index (χ0n) is 12.1. The molecule has 1 aliphatic rings. The number of pyridine rings is 1. The number of nitrogens with zero attached hydrogens (tertiary/aromatic N) is 5. The molecule has 1 atom stereocenters. The van der Waals surface area contributed by atoms with Gasteiger partial charge >= 0.3 is 0 Å². The smallest absolute Gasteiger partial charge is 0.287 e. The molecule has 1 saturated heterocycles. The van der Waals surface area contributed by atoms with Crippen LogP contribution in [-0.4, -0.2) is 44.8 Å². The maximum atomic E-state index is 10.7. The van der Waals surface area contributed by atoms with E-state index >= 15 is 0 Å². The van der Waals surface area contributed by atoms with Crippen molar-refractivity contribution in [1.82, 2.24) is 20.2 Å². The Hall–Kier alpha value is -2.55. The number of hydrogen-bond acceptors (Lipinski definition) is 7. The third-order valence-electron chi connectivity index (χ3n) is 3.51. The lowest BCUT2D eigenvalue weighted by atomic mass is 10.2. The Morgan fingerprint density at radius 1 is 1.55 bits per heavy atom. The SMILES string of the molecule is CCc1nc(C2CN(c3ccc([N+](=O)[O-])cn3)CCO2)n[nH]1. The molecule has 0 spiro atoms. The van der Waals surface area contributed by atoms with Gasteiger partial charge in [0.15, 0.2) is 5.82 Å². The number of rotatable bonds is 4. The first-order chi connectivity index (χ1) is 10.7. The molecule has 0 radical (unpaired) electrons. The molecule has 2 aromatic rings. The highest BCUT2D eigenvalue weighted by Crippen LogP contribution is 2.24. The van der Waals surface area contributed by atoms with Crippen molar-refractivity contribution in [3.8, 4) is 0 Å². The van der Waals surface area contributed by atoms with Gasteiger partial charge in [0, 0.05) is 19.0 Å². The lowest BCUT2D eigenvalue weighted by Gasteiger charge is -2.32. The number of nitrogens with one attached hydrogen (secondary N) is 1. The predicted octanol–water partition coefficient (Wildman–Crippen LogP) is 1.25. The summed E-state index contributed by atoms with van der Waals surface area (Å²) in [7, 11) is 0. The van der Waals surface area contributed by atoms with Crippen molar-refractivity contribution in [3.05, 3.63) is 40.1 Å². The van der Waals surface area contributed by atoms with E-state index in [4.69, 9.17) is 4.74 Å². The van der Waals surface area contributed by atoms with E-state index in [1.54, 1.807) is 6.07 Å². The quantitative estimate of drug-likeness (QED) is 0.668. The highest BCUT2D eigenvalue weighted by Gasteiger charge is 2.26. The Morgan fingerprint density at radius 2 is 2.41 bits per heavy atom. The standard InChI is InChI=1S/C13H16N6O3/c1-2-11-15-13(17-16-11)10-8-18(5-6-22-10)12-4-3-9(7-14-12)19(20)21/h3-4,7,10H,2,5-6,8H2,1H3,(H,15,16,17). The van der Waals surface area contributed by atoms with Gasteiger partial charge in [-0.15, -0.1) is 0 Å². The van der Waals surface area contributed by atoms with Gasteiger partial charge in [0.2, 0.25) is 0 Å². The summed E-state index contributed by atoms with van der Waals surface area (Å²) in [5.74, 6) is 2.14. The van der Waals surface area contributed by atoms with E-state index in [-0.39, 0.29) is 11.8 Å². The Balaban J connectivity index is 1.73. The van der Waals surface area contributed by atoms with Gasteiger partial charge in [0.1, 0.15) is 23.9 Å². The second-order valence-corrected chi connectivity index (χ2v) is 4.93. The van der Waals surface area contributed by atoms with Gasteiger partial charge in [-0.2, -0.15) is 5.10 Å². The Morgan fingerprint density at radius 3 is 3.05 bits per heavy atom. The van der Waals surface area contributed by atoms with Crippen LogP contribution < -0.4 is 4.90 Å². The van der Waals surface area contributed by atoms with E-state index in [9.17, 15) is 10.1 Å². The van der Waals surface area contributed by atoms with Crippen LogP contribution in [-0.2, 0) is 11.2 Å². The van der Waals surface area contributed by atoms with E-state index in [1.165, 1.54) is 12.3 Å². The van der Waals surface area contributed by atoms with Crippen LogP contribution in [0.4, 0.5) is 11.5 Å². The second-order valence-electron chi connectivity index (χ2n) is 4.93. The average molecular weight is 304 g/mol. The van der Waals surface area contributed by atoms with Crippen molar-refractivity contribution in [2.45, 2.75) is 19.4 Å². The molecule has 9 nitrogen and oxygen atoms in total. The third kappa shape index (κ3) is 2.89. The third-order valence-corrected chi connectivity index (χ3v) is 3.51. The van der Waals surface area contributed by atoms with E-state index < -0.39 is 4.92 Å². The van der Waals surface area contributed by atoms with E-state index in [1.807, 2.05) is 11.8 Å². The molecule has 3 rings (SSSR count). The summed E-state index contributed by atoms with van der Waals surface area (Å²) in [4.78, 5) is 20.8. The fraction of sp³-hybridized carbons (Fsp3) is 0.462. The number of anilines is 1. The van der Waals surface area contributed by atoms with Gasteiger partial charge in [0.25, 0.3) is 5.69 Å². The first kappa shape index (κ1) is 14.4. The second kappa shape index (κ2) is 6.06. The number of ether oxygens (including phenoxy) is 1. The van der Waals surface area contributed by atoms with E-state index in [2.05, 4.69) is 20.2 Å². The molecule has 0 saturated carbocycles. The van der Waals surface area contributed by atoms with Crippen molar-refractivity contribution < 1.29 is 9.66 Å². The number of aromatic amines is 1. The topological polar surface area (TPSA) is 110 Å². The molecule has 0 aromatic carbocycles. The van der Waals surface area contributed by atoms with Gasteiger partial charge in [-0.1, -0.05) is 6.92 Å². The van der Waals surface area contributed by atoms with Gasteiger partial charge in [-0.05, 0) is 6.07 Å². The molecule has 1 fully saturated rings. The van der Waals surface area contributed by atoms with Crippen molar-refractivity contribution in [2.24, 2.45) is 0 Å². The molecule has 0 aliphatic carbocycles. The van der Waals surface area contributed by atoms with Crippen LogP contribution >= 0.6 is 0 Å². The zero-order chi connectivity index (χ0) is 15.5. The number of nitro groups is 1. The van der Waals surface area contributed by atoms with Crippen LogP contribution in [0.1, 0.15) is 24.7 Å². The molecule has 2 aromatic heterocycles. The predicted molar refractivity (Wildman–Crippen MR) is 77.6 cm³/mol. The van der Waals surface area contributed by atoms with Gasteiger partial charge in [0.05, 0.1) is 18.1 Å². The maximum absolute atomic E-state index is 10.7.